The zero-order valence-electron chi connectivity index (χ0n) is 18.3. The Hall–Kier alpha value is -1.67. The fraction of sp³-hybridized carbons (Fsp3) is 0.556. The van der Waals surface area contributed by atoms with Gasteiger partial charge < -0.3 is 4.90 Å². The van der Waals surface area contributed by atoms with Gasteiger partial charge in [-0.2, -0.15) is 0 Å². The summed E-state index contributed by atoms with van der Waals surface area (Å²) in [6, 6.07) is 20.7. The number of benzene rings is 2. The number of likely N-dealkylation sites (N-methyl/N-ethyl adjacent to an activating group) is 1. The molecule has 0 spiro atoms. The zero-order valence-corrected chi connectivity index (χ0v) is 18.3. The monoisotopic (exact) mass is 395 g/mol. The average molecular weight is 396 g/mol. The second-order valence-corrected chi connectivity index (χ2v) is 8.66. The zero-order chi connectivity index (χ0) is 20.5. The van der Waals surface area contributed by atoms with Crippen LogP contribution in [0.1, 0.15) is 75.0 Å². The van der Waals surface area contributed by atoms with Crippen LogP contribution in [0.4, 0.5) is 4.39 Å². The first-order chi connectivity index (χ1) is 14.2. The van der Waals surface area contributed by atoms with Gasteiger partial charge in [0.2, 0.25) is 0 Å². The van der Waals surface area contributed by atoms with E-state index in [0.717, 1.165) is 51.6 Å². The van der Waals surface area contributed by atoms with E-state index < -0.39 is 6.17 Å². The van der Waals surface area contributed by atoms with E-state index in [-0.39, 0.29) is 0 Å². The first-order valence-corrected chi connectivity index (χ1v) is 11.7. The predicted molar refractivity (Wildman–Crippen MR) is 122 cm³/mol. The van der Waals surface area contributed by atoms with Crippen molar-refractivity contribution in [1.29, 1.82) is 0 Å². The molecule has 0 bridgehead atoms. The van der Waals surface area contributed by atoms with E-state index in [1.807, 2.05) is 0 Å². The van der Waals surface area contributed by atoms with Crippen molar-refractivity contribution in [2.24, 2.45) is 0 Å². The van der Waals surface area contributed by atoms with E-state index in [1.54, 1.807) is 0 Å². The summed E-state index contributed by atoms with van der Waals surface area (Å²) in [5.74, 6) is 0.563. The number of aryl methyl sites for hydroxylation is 1. The van der Waals surface area contributed by atoms with Gasteiger partial charge in [-0.3, -0.25) is 0 Å². The van der Waals surface area contributed by atoms with E-state index in [0.29, 0.717) is 12.0 Å². The molecule has 1 nitrogen and oxygen atoms in total. The lowest BCUT2D eigenvalue weighted by Gasteiger charge is -2.30. The molecule has 158 valence electrons. The van der Waals surface area contributed by atoms with Crippen LogP contribution in [0.25, 0.3) is 0 Å². The van der Waals surface area contributed by atoms with Gasteiger partial charge in [-0.1, -0.05) is 68.4 Å². The molecule has 1 saturated carbocycles. The maximum Gasteiger partial charge on any atom is 0.100 e. The van der Waals surface area contributed by atoms with Crippen LogP contribution in [0, 0.1) is 0 Å². The third-order valence-corrected chi connectivity index (χ3v) is 6.80. The molecule has 2 aromatic rings. The second kappa shape index (κ2) is 11.5. The molecule has 29 heavy (non-hydrogen) atoms. The summed E-state index contributed by atoms with van der Waals surface area (Å²) >= 11 is 0. The molecule has 0 N–H and O–H groups in total. The number of alkyl halides is 1. The molecule has 3 rings (SSSR count). The summed E-state index contributed by atoms with van der Waals surface area (Å²) in [7, 11) is 0. The second-order valence-electron chi connectivity index (χ2n) is 8.66. The van der Waals surface area contributed by atoms with Crippen molar-refractivity contribution >= 4 is 0 Å². The number of halogens is 1. The molecule has 2 heteroatoms. The van der Waals surface area contributed by atoms with Gasteiger partial charge >= 0.3 is 0 Å². The molecule has 0 heterocycles. The van der Waals surface area contributed by atoms with Crippen molar-refractivity contribution in [3.63, 3.8) is 0 Å². The van der Waals surface area contributed by atoms with E-state index in [2.05, 4.69) is 73.3 Å². The quantitative estimate of drug-likeness (QED) is 0.420. The highest BCUT2D eigenvalue weighted by Gasteiger charge is 2.21. The number of hydrogen-bond acceptors (Lipinski definition) is 1. The largest absolute Gasteiger partial charge is 0.300 e. The standard InChI is InChI=1S/C27H38FN/c1-3-27(29(4-2)21-20-22-8-6-5-7-9-22)19-12-23-10-13-24(14-11-23)25-15-17-26(28)18-16-25/h5-11,13-14,25-27H,3-4,12,15-21H2,1-2H3. The molecule has 1 unspecified atom stereocenters. The van der Waals surface area contributed by atoms with E-state index in [4.69, 9.17) is 0 Å². The molecule has 1 aliphatic carbocycles. The minimum absolute atomic E-state index is 0.563. The maximum absolute atomic E-state index is 13.4. The highest BCUT2D eigenvalue weighted by Crippen LogP contribution is 2.34. The topological polar surface area (TPSA) is 3.24 Å². The molecular formula is C27H38FN. The van der Waals surface area contributed by atoms with Gasteiger partial charge in [0, 0.05) is 12.6 Å². The molecule has 0 amide bonds. The summed E-state index contributed by atoms with van der Waals surface area (Å²) in [4.78, 5) is 2.65. The third-order valence-electron chi connectivity index (χ3n) is 6.80. The number of rotatable bonds is 10. The number of hydrogen-bond donors (Lipinski definition) is 0. The predicted octanol–water partition coefficient (Wildman–Crippen LogP) is 6.96. The van der Waals surface area contributed by atoms with Crippen molar-refractivity contribution in [1.82, 2.24) is 4.90 Å². The minimum atomic E-state index is -0.570. The maximum atomic E-state index is 13.4. The van der Waals surface area contributed by atoms with E-state index >= 15 is 0 Å². The fourth-order valence-corrected chi connectivity index (χ4v) is 4.84. The van der Waals surface area contributed by atoms with Gasteiger partial charge in [0.15, 0.2) is 0 Å². The van der Waals surface area contributed by atoms with E-state index in [1.165, 1.54) is 29.5 Å². The summed E-state index contributed by atoms with van der Waals surface area (Å²) in [5.41, 5.74) is 4.27. The van der Waals surface area contributed by atoms with Crippen LogP contribution in [0.5, 0.6) is 0 Å². The van der Waals surface area contributed by atoms with Gasteiger partial charge in [-0.15, -0.1) is 0 Å². The van der Waals surface area contributed by atoms with Gasteiger partial charge in [0.25, 0.3) is 0 Å². The lowest BCUT2D eigenvalue weighted by molar-refractivity contribution is 0.193. The Morgan fingerprint density at radius 1 is 0.862 bits per heavy atom. The molecule has 2 aromatic carbocycles. The van der Waals surface area contributed by atoms with Crippen LogP contribution >= 0.6 is 0 Å². The van der Waals surface area contributed by atoms with Crippen molar-refractivity contribution < 1.29 is 4.39 Å². The Balaban J connectivity index is 1.49. The molecular weight excluding hydrogens is 357 g/mol. The Morgan fingerprint density at radius 3 is 2.14 bits per heavy atom. The molecule has 0 aliphatic heterocycles. The molecule has 1 aliphatic rings. The average Bonchev–Trinajstić information content (AvgIpc) is 2.77. The van der Waals surface area contributed by atoms with Crippen molar-refractivity contribution in [2.75, 3.05) is 13.1 Å². The fourth-order valence-electron chi connectivity index (χ4n) is 4.84. The first kappa shape index (κ1) is 22.0. The summed E-state index contributed by atoms with van der Waals surface area (Å²) < 4.78 is 13.4. The molecule has 1 atom stereocenters. The van der Waals surface area contributed by atoms with Gasteiger partial charge in [-0.25, -0.2) is 4.39 Å². The molecule has 1 fully saturated rings. The molecule has 0 radical (unpaired) electrons. The Kier molecular flexibility index (Phi) is 8.73. The van der Waals surface area contributed by atoms with Gasteiger partial charge in [-0.05, 0) is 80.5 Å². The van der Waals surface area contributed by atoms with E-state index in [9.17, 15) is 4.39 Å². The lowest BCUT2D eigenvalue weighted by atomic mass is 9.83. The van der Waals surface area contributed by atoms with Crippen molar-refractivity contribution in [3.05, 3.63) is 71.3 Å². The molecule has 0 saturated heterocycles. The van der Waals surface area contributed by atoms with Crippen molar-refractivity contribution in [2.45, 2.75) is 83.3 Å². The normalized spacial score (nSPS) is 20.7. The van der Waals surface area contributed by atoms with Crippen LogP contribution in [-0.2, 0) is 12.8 Å². The van der Waals surface area contributed by atoms with Crippen LogP contribution in [0.15, 0.2) is 54.6 Å². The smallest absolute Gasteiger partial charge is 0.100 e. The van der Waals surface area contributed by atoms with Gasteiger partial charge in [0.1, 0.15) is 6.17 Å². The highest BCUT2D eigenvalue weighted by molar-refractivity contribution is 5.26. The summed E-state index contributed by atoms with van der Waals surface area (Å²) in [6.07, 6.45) is 7.59. The van der Waals surface area contributed by atoms with Crippen molar-refractivity contribution in [3.8, 4) is 0 Å². The SMILES string of the molecule is CCC(CCc1ccc(C2CCC(F)CC2)cc1)N(CC)CCc1ccccc1. The summed E-state index contributed by atoms with van der Waals surface area (Å²) in [6.45, 7) is 6.85. The third kappa shape index (κ3) is 6.67. The van der Waals surface area contributed by atoms with Crippen LogP contribution in [0.2, 0.25) is 0 Å². The number of nitrogens with zero attached hydrogens (tertiary/aromatic N) is 1. The Bertz CT molecular complexity index is 688. The van der Waals surface area contributed by atoms with Gasteiger partial charge in [0.05, 0.1) is 0 Å². The minimum Gasteiger partial charge on any atom is -0.300 e. The van der Waals surface area contributed by atoms with Crippen LogP contribution in [-0.4, -0.2) is 30.2 Å². The highest BCUT2D eigenvalue weighted by atomic mass is 19.1. The Morgan fingerprint density at radius 2 is 1.52 bits per heavy atom. The first-order valence-electron chi connectivity index (χ1n) is 11.7. The van der Waals surface area contributed by atoms with Crippen LogP contribution < -0.4 is 0 Å². The summed E-state index contributed by atoms with van der Waals surface area (Å²) in [5, 5.41) is 0. The Labute approximate surface area is 177 Å². The lowest BCUT2D eigenvalue weighted by Crippen LogP contribution is -2.36. The molecule has 0 aromatic heterocycles. The van der Waals surface area contributed by atoms with Crippen LogP contribution in [0.3, 0.4) is 0 Å².